The maximum Gasteiger partial charge on any atom is 0.311 e. The SMILES string of the molecule is CCC(C)(C)C(=O)OCC(O)COCSCC(C)C(=O)O. The van der Waals surface area contributed by atoms with Crippen LogP contribution in [0.2, 0.25) is 0 Å². The van der Waals surface area contributed by atoms with Gasteiger partial charge in [0.15, 0.2) is 0 Å². The summed E-state index contributed by atoms with van der Waals surface area (Å²) in [6.45, 7) is 7.05. The maximum absolute atomic E-state index is 11.7. The molecule has 2 unspecified atom stereocenters. The van der Waals surface area contributed by atoms with E-state index in [2.05, 4.69) is 0 Å². The van der Waals surface area contributed by atoms with Gasteiger partial charge in [-0.15, -0.1) is 11.8 Å². The second-order valence-corrected chi connectivity index (χ2v) is 6.57. The second kappa shape index (κ2) is 10.0. The number of thioether (sulfide) groups is 1. The number of hydrogen-bond donors (Lipinski definition) is 2. The predicted octanol–water partition coefficient (Wildman–Crippen LogP) is 1.75. The van der Waals surface area contributed by atoms with Crippen LogP contribution in [0.15, 0.2) is 0 Å². The summed E-state index contributed by atoms with van der Waals surface area (Å²) in [7, 11) is 0. The summed E-state index contributed by atoms with van der Waals surface area (Å²) in [5, 5.41) is 18.3. The standard InChI is InChI=1S/C14H26O6S/c1-5-14(3,4)13(18)20-7-11(15)6-19-9-21-8-10(2)12(16)17/h10-11,15H,5-9H2,1-4H3,(H,16,17). The fourth-order valence-electron chi connectivity index (χ4n) is 1.10. The number of carboxylic acid groups (broad SMARTS) is 1. The Morgan fingerprint density at radius 2 is 1.90 bits per heavy atom. The lowest BCUT2D eigenvalue weighted by molar-refractivity contribution is -0.158. The van der Waals surface area contributed by atoms with Crippen LogP contribution >= 0.6 is 11.8 Å². The number of carbonyl (C=O) groups excluding carboxylic acids is 1. The van der Waals surface area contributed by atoms with E-state index in [1.807, 2.05) is 6.92 Å². The monoisotopic (exact) mass is 322 g/mol. The van der Waals surface area contributed by atoms with Crippen molar-refractivity contribution >= 4 is 23.7 Å². The van der Waals surface area contributed by atoms with Crippen LogP contribution in [0.4, 0.5) is 0 Å². The molecule has 0 saturated heterocycles. The Kier molecular flexibility index (Phi) is 9.65. The zero-order chi connectivity index (χ0) is 16.5. The van der Waals surface area contributed by atoms with Gasteiger partial charge in [-0.3, -0.25) is 9.59 Å². The van der Waals surface area contributed by atoms with Crippen molar-refractivity contribution in [2.75, 3.05) is 24.9 Å². The summed E-state index contributed by atoms with van der Waals surface area (Å²) >= 11 is 1.34. The molecule has 0 aliphatic heterocycles. The Morgan fingerprint density at radius 1 is 1.29 bits per heavy atom. The molecule has 7 heteroatoms. The molecule has 0 saturated carbocycles. The third-order valence-electron chi connectivity index (χ3n) is 3.11. The second-order valence-electron chi connectivity index (χ2n) is 5.59. The van der Waals surface area contributed by atoms with Crippen LogP contribution in [0.3, 0.4) is 0 Å². The van der Waals surface area contributed by atoms with E-state index in [-0.39, 0.29) is 19.2 Å². The molecule has 21 heavy (non-hydrogen) atoms. The summed E-state index contributed by atoms with van der Waals surface area (Å²) < 4.78 is 10.2. The first-order valence-corrected chi connectivity index (χ1v) is 8.09. The fraction of sp³-hybridized carbons (Fsp3) is 0.857. The zero-order valence-electron chi connectivity index (χ0n) is 13.1. The molecule has 0 spiro atoms. The van der Waals surface area contributed by atoms with Crippen LogP contribution in [-0.2, 0) is 19.1 Å². The highest BCUT2D eigenvalue weighted by molar-refractivity contribution is 7.99. The van der Waals surface area contributed by atoms with Gasteiger partial charge in [-0.2, -0.15) is 0 Å². The fourth-order valence-corrected chi connectivity index (χ4v) is 1.91. The average molecular weight is 322 g/mol. The van der Waals surface area contributed by atoms with Crippen molar-refractivity contribution in [1.29, 1.82) is 0 Å². The average Bonchev–Trinajstić information content (AvgIpc) is 2.43. The van der Waals surface area contributed by atoms with Crippen LogP contribution in [0.25, 0.3) is 0 Å². The molecule has 0 rings (SSSR count). The highest BCUT2D eigenvalue weighted by Gasteiger charge is 2.27. The smallest absolute Gasteiger partial charge is 0.311 e. The van der Waals surface area contributed by atoms with Gasteiger partial charge < -0.3 is 19.7 Å². The summed E-state index contributed by atoms with van der Waals surface area (Å²) in [6.07, 6.45) is -0.212. The van der Waals surface area contributed by atoms with Crippen LogP contribution < -0.4 is 0 Å². The minimum Gasteiger partial charge on any atom is -0.481 e. The first-order chi connectivity index (χ1) is 9.70. The topological polar surface area (TPSA) is 93.1 Å². The van der Waals surface area contributed by atoms with Crippen molar-refractivity contribution in [1.82, 2.24) is 0 Å². The van der Waals surface area contributed by atoms with Gasteiger partial charge in [0, 0.05) is 5.75 Å². The number of hydrogen-bond acceptors (Lipinski definition) is 6. The first-order valence-electron chi connectivity index (χ1n) is 6.94. The molecule has 0 aromatic carbocycles. The molecular formula is C14H26O6S. The largest absolute Gasteiger partial charge is 0.481 e. The molecule has 0 heterocycles. The Balaban J connectivity index is 3.70. The predicted molar refractivity (Wildman–Crippen MR) is 81.1 cm³/mol. The number of aliphatic hydroxyl groups is 1. The molecule has 0 aliphatic rings. The van der Waals surface area contributed by atoms with Gasteiger partial charge in [0.05, 0.1) is 23.9 Å². The summed E-state index contributed by atoms with van der Waals surface area (Å²) in [5.41, 5.74) is -0.552. The molecule has 2 N–H and O–H groups in total. The van der Waals surface area contributed by atoms with E-state index >= 15 is 0 Å². The third-order valence-corrected chi connectivity index (χ3v) is 4.18. The molecule has 0 amide bonds. The van der Waals surface area contributed by atoms with Crippen molar-refractivity contribution in [2.45, 2.75) is 40.2 Å². The Labute approximate surface area is 130 Å². The maximum atomic E-state index is 11.7. The van der Waals surface area contributed by atoms with Gasteiger partial charge in [0.25, 0.3) is 0 Å². The summed E-state index contributed by atoms with van der Waals surface area (Å²) in [6, 6.07) is 0. The van der Waals surface area contributed by atoms with Gasteiger partial charge in [-0.25, -0.2) is 0 Å². The van der Waals surface area contributed by atoms with Crippen LogP contribution in [0.1, 0.15) is 34.1 Å². The molecule has 2 atom stereocenters. The number of ether oxygens (including phenoxy) is 2. The summed E-state index contributed by atoms with van der Waals surface area (Å²) in [5.74, 6) is -0.865. The van der Waals surface area contributed by atoms with E-state index < -0.39 is 23.4 Å². The van der Waals surface area contributed by atoms with Gasteiger partial charge in [-0.1, -0.05) is 13.8 Å². The highest BCUT2D eigenvalue weighted by atomic mass is 32.2. The van der Waals surface area contributed by atoms with Crippen LogP contribution in [0, 0.1) is 11.3 Å². The first kappa shape index (κ1) is 20.2. The van der Waals surface area contributed by atoms with Gasteiger partial charge in [0.1, 0.15) is 12.7 Å². The Morgan fingerprint density at radius 3 is 2.43 bits per heavy atom. The normalized spacial score (nSPS) is 14.5. The molecule has 0 fully saturated rings. The van der Waals surface area contributed by atoms with E-state index in [1.165, 1.54) is 11.8 Å². The Bertz CT molecular complexity index is 331. The van der Waals surface area contributed by atoms with E-state index in [4.69, 9.17) is 14.6 Å². The van der Waals surface area contributed by atoms with Crippen molar-refractivity contribution in [3.63, 3.8) is 0 Å². The highest BCUT2D eigenvalue weighted by Crippen LogP contribution is 2.21. The zero-order valence-corrected chi connectivity index (χ0v) is 13.9. The lowest BCUT2D eigenvalue weighted by atomic mass is 9.91. The number of carbonyl (C=O) groups is 2. The lowest BCUT2D eigenvalue weighted by Gasteiger charge is -2.21. The number of aliphatic carboxylic acids is 1. The van der Waals surface area contributed by atoms with E-state index in [9.17, 15) is 14.7 Å². The molecule has 0 aromatic rings. The minimum atomic E-state index is -0.876. The van der Waals surface area contributed by atoms with Gasteiger partial charge in [-0.05, 0) is 20.3 Å². The van der Waals surface area contributed by atoms with Crippen molar-refractivity contribution < 1.29 is 29.3 Å². The molecule has 0 aromatic heterocycles. The van der Waals surface area contributed by atoms with Gasteiger partial charge in [0.2, 0.25) is 0 Å². The molecular weight excluding hydrogens is 296 g/mol. The number of rotatable bonds is 11. The minimum absolute atomic E-state index is 0.0499. The number of aliphatic hydroxyl groups excluding tert-OH is 1. The molecule has 124 valence electrons. The third kappa shape index (κ3) is 8.95. The number of carboxylic acids is 1. The van der Waals surface area contributed by atoms with Crippen molar-refractivity contribution in [3.05, 3.63) is 0 Å². The number of esters is 1. The molecule has 0 radical (unpaired) electrons. The molecule has 6 nitrogen and oxygen atoms in total. The van der Waals surface area contributed by atoms with E-state index in [1.54, 1.807) is 20.8 Å². The van der Waals surface area contributed by atoms with Crippen molar-refractivity contribution in [3.8, 4) is 0 Å². The van der Waals surface area contributed by atoms with E-state index in [0.717, 1.165) is 0 Å². The van der Waals surface area contributed by atoms with Gasteiger partial charge >= 0.3 is 11.9 Å². The van der Waals surface area contributed by atoms with Crippen LogP contribution in [-0.4, -0.2) is 53.2 Å². The lowest BCUT2D eigenvalue weighted by Crippen LogP contribution is -2.30. The quantitative estimate of drug-likeness (QED) is 0.340. The van der Waals surface area contributed by atoms with E-state index in [0.29, 0.717) is 18.1 Å². The van der Waals surface area contributed by atoms with Crippen LogP contribution in [0.5, 0.6) is 0 Å². The molecule has 0 aliphatic carbocycles. The van der Waals surface area contributed by atoms with Crippen molar-refractivity contribution in [2.24, 2.45) is 11.3 Å². The molecule has 0 bridgehead atoms. The Hall–Kier alpha value is -0.790. The summed E-state index contributed by atoms with van der Waals surface area (Å²) in [4.78, 5) is 22.3.